The lowest BCUT2D eigenvalue weighted by Crippen LogP contribution is -2.26. The second-order valence-electron chi connectivity index (χ2n) is 10.7. The molecule has 0 aliphatic heterocycles. The molecule has 9 heteroatoms. The summed E-state index contributed by atoms with van der Waals surface area (Å²) in [6.45, 7) is 2.16. The summed E-state index contributed by atoms with van der Waals surface area (Å²) < 4.78 is 20.8. The third kappa shape index (κ3) is 6.76. The minimum absolute atomic E-state index is 0.0506. The van der Waals surface area contributed by atoms with Crippen molar-refractivity contribution in [1.82, 2.24) is 15.5 Å². The normalized spacial score (nSPS) is 12.5. The molecule has 2 unspecified atom stereocenters. The Kier molecular flexibility index (Phi) is 9.60. The Hall–Kier alpha value is -4.69. The first-order chi connectivity index (χ1) is 21.3. The van der Waals surface area contributed by atoms with Crippen LogP contribution < -0.4 is 10.1 Å². The van der Waals surface area contributed by atoms with E-state index in [2.05, 4.69) is 22.4 Å². The highest BCUT2D eigenvalue weighted by Gasteiger charge is 2.30. The molecule has 1 amide bonds. The van der Waals surface area contributed by atoms with Crippen LogP contribution in [0.5, 0.6) is 5.75 Å². The van der Waals surface area contributed by atoms with E-state index in [9.17, 15) is 9.59 Å². The Morgan fingerprint density at radius 1 is 0.977 bits per heavy atom. The number of rotatable bonds is 12. The van der Waals surface area contributed by atoms with Gasteiger partial charge in [-0.2, -0.15) is 5.10 Å². The molecule has 0 aliphatic carbocycles. The van der Waals surface area contributed by atoms with Crippen molar-refractivity contribution in [1.29, 1.82) is 0 Å². The summed E-state index contributed by atoms with van der Waals surface area (Å²) in [6.07, 6.45) is 1.53. The fourth-order valence-corrected chi connectivity index (χ4v) is 5.78. The van der Waals surface area contributed by atoms with Crippen molar-refractivity contribution in [3.05, 3.63) is 118 Å². The fraction of sp³-hybridized carbons (Fsp3) is 0.229. The number of carbonyl (C=O) groups excluding carboxylic acids is 1. The van der Waals surface area contributed by atoms with Gasteiger partial charge in [0.2, 0.25) is 0 Å². The van der Waals surface area contributed by atoms with Gasteiger partial charge in [-0.05, 0) is 83.1 Å². The van der Waals surface area contributed by atoms with E-state index in [1.165, 1.54) is 6.07 Å². The predicted molar refractivity (Wildman–Crippen MR) is 170 cm³/mol. The fourth-order valence-electron chi connectivity index (χ4n) is 5.66. The molecule has 0 bridgehead atoms. The van der Waals surface area contributed by atoms with Crippen molar-refractivity contribution in [3.63, 3.8) is 0 Å². The molecule has 226 valence electrons. The van der Waals surface area contributed by atoms with Crippen molar-refractivity contribution < 1.29 is 23.8 Å². The summed E-state index contributed by atoms with van der Waals surface area (Å²) in [5.41, 5.74) is 5.05. The lowest BCUT2D eigenvalue weighted by atomic mass is 9.76. The topological polar surface area (TPSA) is 104 Å². The van der Waals surface area contributed by atoms with Crippen LogP contribution in [0.4, 0.5) is 4.39 Å². The number of methoxy groups -OCH3 is 1. The number of carbonyl (C=O) groups is 2. The van der Waals surface area contributed by atoms with E-state index in [4.69, 9.17) is 21.4 Å². The molecule has 1 aromatic heterocycles. The summed E-state index contributed by atoms with van der Waals surface area (Å²) in [5, 5.41) is 20.4. The number of aromatic nitrogens is 2. The standard InChI is InChI=1S/C35H33ClFN3O4/c1-3-4-28(22-5-7-24(8-6-22)35(43)38-18-17-31(41)42)32(23-9-13-26(36)14-10-23)34-29-19-25(20-30(37)33(29)39-40-34)21-11-15-27(44-2)16-12-21/h5-16,19-20,28,32H,3-4,17-18H2,1-2H3,(H,38,43)(H,39,40)(H,41,42). The number of benzene rings is 4. The highest BCUT2D eigenvalue weighted by atomic mass is 35.5. The minimum atomic E-state index is -0.973. The SMILES string of the molecule is CCCC(c1ccc(C(=O)NCCC(=O)O)cc1)C(c1ccc(Cl)cc1)c1[nH]nc2c(F)cc(-c3ccc(OC)cc3)cc12. The number of aliphatic carboxylic acids is 1. The van der Waals surface area contributed by atoms with Crippen LogP contribution >= 0.6 is 11.6 Å². The summed E-state index contributed by atoms with van der Waals surface area (Å²) in [6, 6.07) is 26.0. The molecule has 0 saturated carbocycles. The summed E-state index contributed by atoms with van der Waals surface area (Å²) in [7, 11) is 1.60. The third-order valence-electron chi connectivity index (χ3n) is 7.83. The highest BCUT2D eigenvalue weighted by molar-refractivity contribution is 6.30. The Morgan fingerprint density at radius 3 is 2.30 bits per heavy atom. The smallest absolute Gasteiger partial charge is 0.305 e. The molecule has 4 aromatic carbocycles. The van der Waals surface area contributed by atoms with Gasteiger partial charge in [0.25, 0.3) is 5.91 Å². The van der Waals surface area contributed by atoms with E-state index in [0.29, 0.717) is 21.7 Å². The Balaban J connectivity index is 1.58. The van der Waals surface area contributed by atoms with Crippen LogP contribution in [0.2, 0.25) is 5.02 Å². The summed E-state index contributed by atoms with van der Waals surface area (Å²) >= 11 is 6.28. The first kappa shape index (κ1) is 30.8. The van der Waals surface area contributed by atoms with Gasteiger partial charge in [0.1, 0.15) is 11.3 Å². The molecule has 0 spiro atoms. The average molecular weight is 614 g/mol. The quantitative estimate of drug-likeness (QED) is 0.132. The number of amides is 1. The van der Waals surface area contributed by atoms with Gasteiger partial charge < -0.3 is 15.2 Å². The first-order valence-corrected chi connectivity index (χ1v) is 14.8. The number of nitrogens with zero attached hydrogens (tertiary/aromatic N) is 1. The Labute approximate surface area is 260 Å². The van der Waals surface area contributed by atoms with Crippen LogP contribution in [-0.4, -0.2) is 40.8 Å². The minimum Gasteiger partial charge on any atom is -0.497 e. The number of hydrogen-bond donors (Lipinski definition) is 3. The van der Waals surface area contributed by atoms with Crippen molar-refractivity contribution >= 4 is 34.4 Å². The Bertz CT molecular complexity index is 1750. The number of fused-ring (bicyclic) bond motifs is 1. The molecule has 2 atom stereocenters. The van der Waals surface area contributed by atoms with Gasteiger partial charge in [0.15, 0.2) is 5.82 Å². The molecule has 44 heavy (non-hydrogen) atoms. The number of aromatic amines is 1. The van der Waals surface area contributed by atoms with E-state index in [-0.39, 0.29) is 36.2 Å². The van der Waals surface area contributed by atoms with Crippen LogP contribution in [0.3, 0.4) is 0 Å². The van der Waals surface area contributed by atoms with E-state index in [1.54, 1.807) is 19.2 Å². The summed E-state index contributed by atoms with van der Waals surface area (Å²) in [5.74, 6) is -1.30. The van der Waals surface area contributed by atoms with Crippen LogP contribution in [0.1, 0.15) is 65.2 Å². The monoisotopic (exact) mass is 613 g/mol. The van der Waals surface area contributed by atoms with E-state index >= 15 is 4.39 Å². The molecule has 0 aliphatic rings. The molecule has 0 radical (unpaired) electrons. The van der Waals surface area contributed by atoms with Crippen molar-refractivity contribution in [2.24, 2.45) is 0 Å². The average Bonchev–Trinajstić information content (AvgIpc) is 3.46. The summed E-state index contributed by atoms with van der Waals surface area (Å²) in [4.78, 5) is 23.4. The largest absolute Gasteiger partial charge is 0.497 e. The molecule has 7 nitrogen and oxygen atoms in total. The van der Waals surface area contributed by atoms with Crippen molar-refractivity contribution in [2.75, 3.05) is 13.7 Å². The second kappa shape index (κ2) is 13.7. The van der Waals surface area contributed by atoms with E-state index < -0.39 is 11.8 Å². The van der Waals surface area contributed by atoms with Crippen molar-refractivity contribution in [3.8, 4) is 16.9 Å². The number of nitrogens with one attached hydrogen (secondary N) is 2. The maximum Gasteiger partial charge on any atom is 0.305 e. The molecule has 3 N–H and O–H groups in total. The highest BCUT2D eigenvalue weighted by Crippen LogP contribution is 2.44. The zero-order valence-electron chi connectivity index (χ0n) is 24.4. The first-order valence-electron chi connectivity index (χ1n) is 14.5. The molecule has 1 heterocycles. The molecule has 0 fully saturated rings. The predicted octanol–water partition coefficient (Wildman–Crippen LogP) is 7.95. The zero-order valence-corrected chi connectivity index (χ0v) is 25.2. The molecule has 5 rings (SSSR count). The van der Waals surface area contributed by atoms with E-state index in [0.717, 1.165) is 40.8 Å². The number of H-pyrrole nitrogens is 1. The zero-order chi connectivity index (χ0) is 31.2. The lowest BCUT2D eigenvalue weighted by molar-refractivity contribution is -0.136. The van der Waals surface area contributed by atoms with Gasteiger partial charge in [-0.1, -0.05) is 61.3 Å². The molecular formula is C35H33ClFN3O4. The third-order valence-corrected chi connectivity index (χ3v) is 8.08. The number of carboxylic acid groups (broad SMARTS) is 1. The van der Waals surface area contributed by atoms with Crippen LogP contribution in [0, 0.1) is 5.82 Å². The molecule has 0 saturated heterocycles. The van der Waals surface area contributed by atoms with Gasteiger partial charge in [-0.15, -0.1) is 0 Å². The molecular weight excluding hydrogens is 581 g/mol. The Morgan fingerprint density at radius 2 is 1.66 bits per heavy atom. The lowest BCUT2D eigenvalue weighted by Gasteiger charge is -2.28. The molecule has 5 aromatic rings. The maximum atomic E-state index is 15.5. The van der Waals surface area contributed by atoms with Crippen molar-refractivity contribution in [2.45, 2.75) is 38.0 Å². The van der Waals surface area contributed by atoms with Gasteiger partial charge in [0.05, 0.1) is 19.2 Å². The van der Waals surface area contributed by atoms with Gasteiger partial charge in [0, 0.05) is 28.4 Å². The number of ether oxygens (including phenoxy) is 1. The van der Waals surface area contributed by atoms with Gasteiger partial charge in [-0.25, -0.2) is 4.39 Å². The second-order valence-corrected chi connectivity index (χ2v) is 11.1. The van der Waals surface area contributed by atoms with Crippen LogP contribution in [-0.2, 0) is 4.79 Å². The number of hydrogen-bond acceptors (Lipinski definition) is 4. The van der Waals surface area contributed by atoms with Crippen LogP contribution in [0.25, 0.3) is 22.0 Å². The van der Waals surface area contributed by atoms with Gasteiger partial charge in [-0.3, -0.25) is 14.7 Å². The maximum absolute atomic E-state index is 15.5. The van der Waals surface area contributed by atoms with Gasteiger partial charge >= 0.3 is 5.97 Å². The van der Waals surface area contributed by atoms with E-state index in [1.807, 2.05) is 66.7 Å². The number of carboxylic acids is 1. The van der Waals surface area contributed by atoms with Crippen LogP contribution in [0.15, 0.2) is 84.9 Å². The number of halogens is 2.